The average molecular weight is 308 g/mol. The maximum absolute atomic E-state index is 14.4. The fraction of sp³-hybridized carbons (Fsp3) is 0.200. The number of anilines is 3. The van der Waals surface area contributed by atoms with E-state index >= 15 is 0 Å². The molecular weight excluding hydrogens is 293 g/mol. The Labute approximate surface area is 127 Å². The van der Waals surface area contributed by atoms with Gasteiger partial charge in [-0.1, -0.05) is 29.8 Å². The molecule has 110 valence electrons. The normalized spacial score (nSPS) is 14.3. The summed E-state index contributed by atoms with van der Waals surface area (Å²) in [5.74, 6) is 0.217. The second-order valence-electron chi connectivity index (χ2n) is 4.91. The summed E-state index contributed by atoms with van der Waals surface area (Å²) in [6, 6.07) is 9.15. The smallest absolute Gasteiger partial charge is 0.169 e. The number of nitrogens with two attached hydrogens (primary N) is 2. The Balaban J connectivity index is 2.04. The van der Waals surface area contributed by atoms with E-state index in [1.165, 1.54) is 6.07 Å². The molecule has 21 heavy (non-hydrogen) atoms. The van der Waals surface area contributed by atoms with E-state index in [1.807, 2.05) is 29.2 Å². The van der Waals surface area contributed by atoms with Crippen LogP contribution in [0.5, 0.6) is 5.75 Å². The standard InChI is InChI=1S/C15H15ClFN3O/c16-13-10(18)7-11(19)15(14(13)17)20-5-6-21-12-4-2-1-3-9(12)8-20/h1-4,7H,5-6,8,18-19H2. The zero-order chi connectivity index (χ0) is 15.0. The summed E-state index contributed by atoms with van der Waals surface area (Å²) in [6.45, 7) is 1.45. The maximum Gasteiger partial charge on any atom is 0.169 e. The van der Waals surface area contributed by atoms with Crippen LogP contribution in [0.3, 0.4) is 0 Å². The number of halogens is 2. The van der Waals surface area contributed by atoms with Crippen LogP contribution >= 0.6 is 11.6 Å². The largest absolute Gasteiger partial charge is 0.491 e. The van der Waals surface area contributed by atoms with Crippen molar-refractivity contribution in [3.05, 3.63) is 46.7 Å². The number of hydrogen-bond donors (Lipinski definition) is 2. The summed E-state index contributed by atoms with van der Waals surface area (Å²) in [6.07, 6.45) is 0. The van der Waals surface area contributed by atoms with Crippen molar-refractivity contribution in [2.45, 2.75) is 6.54 Å². The highest BCUT2D eigenvalue weighted by molar-refractivity contribution is 6.33. The Hall–Kier alpha value is -2.14. The van der Waals surface area contributed by atoms with Crippen molar-refractivity contribution in [1.29, 1.82) is 0 Å². The van der Waals surface area contributed by atoms with Crippen LogP contribution in [-0.4, -0.2) is 13.2 Å². The number of ether oxygens (including phenoxy) is 1. The molecule has 4 N–H and O–H groups in total. The lowest BCUT2D eigenvalue weighted by atomic mass is 10.1. The molecule has 0 aliphatic carbocycles. The molecule has 0 amide bonds. The summed E-state index contributed by atoms with van der Waals surface area (Å²) in [5.41, 5.74) is 13.2. The van der Waals surface area contributed by atoms with E-state index in [0.29, 0.717) is 19.7 Å². The predicted octanol–water partition coefficient (Wildman–Crippen LogP) is 3.04. The van der Waals surface area contributed by atoms with Crippen molar-refractivity contribution < 1.29 is 9.13 Å². The number of hydrogen-bond acceptors (Lipinski definition) is 4. The Bertz CT molecular complexity index is 693. The third-order valence-electron chi connectivity index (χ3n) is 3.51. The van der Waals surface area contributed by atoms with E-state index in [-0.39, 0.29) is 22.1 Å². The van der Waals surface area contributed by atoms with Crippen molar-refractivity contribution in [3.8, 4) is 5.75 Å². The van der Waals surface area contributed by atoms with Gasteiger partial charge in [0.2, 0.25) is 0 Å². The van der Waals surface area contributed by atoms with Crippen molar-refractivity contribution in [2.24, 2.45) is 0 Å². The molecule has 0 saturated heterocycles. The molecule has 2 aromatic carbocycles. The highest BCUT2D eigenvalue weighted by atomic mass is 35.5. The molecule has 0 fully saturated rings. The van der Waals surface area contributed by atoms with Gasteiger partial charge in [-0.15, -0.1) is 0 Å². The predicted molar refractivity (Wildman–Crippen MR) is 83.2 cm³/mol. The molecule has 2 aromatic rings. The first-order valence-corrected chi connectivity index (χ1v) is 6.94. The van der Waals surface area contributed by atoms with Crippen LogP contribution in [0.4, 0.5) is 21.5 Å². The molecule has 0 saturated carbocycles. The Morgan fingerprint density at radius 3 is 2.76 bits per heavy atom. The Kier molecular flexibility index (Phi) is 3.51. The molecule has 0 bridgehead atoms. The van der Waals surface area contributed by atoms with Crippen LogP contribution < -0.4 is 21.1 Å². The highest BCUT2D eigenvalue weighted by Crippen LogP contribution is 2.38. The van der Waals surface area contributed by atoms with Crippen LogP contribution in [0, 0.1) is 5.82 Å². The van der Waals surface area contributed by atoms with E-state index in [1.54, 1.807) is 0 Å². The topological polar surface area (TPSA) is 64.5 Å². The van der Waals surface area contributed by atoms with Gasteiger partial charge >= 0.3 is 0 Å². The summed E-state index contributed by atoms with van der Waals surface area (Å²) in [5, 5.41) is -0.0994. The molecule has 0 spiro atoms. The molecule has 1 aliphatic rings. The van der Waals surface area contributed by atoms with Crippen LogP contribution in [0.25, 0.3) is 0 Å². The number of rotatable bonds is 1. The minimum absolute atomic E-state index is 0.0994. The van der Waals surface area contributed by atoms with Gasteiger partial charge in [0, 0.05) is 12.1 Å². The summed E-state index contributed by atoms with van der Waals surface area (Å²) >= 11 is 5.90. The quantitative estimate of drug-likeness (QED) is 0.795. The lowest BCUT2D eigenvalue weighted by Gasteiger charge is -2.25. The number of benzene rings is 2. The van der Waals surface area contributed by atoms with Gasteiger partial charge in [-0.2, -0.15) is 0 Å². The number of fused-ring (bicyclic) bond motifs is 1. The number of nitrogen functional groups attached to an aromatic ring is 2. The first kappa shape index (κ1) is 13.8. The van der Waals surface area contributed by atoms with Crippen molar-refractivity contribution in [1.82, 2.24) is 0 Å². The highest BCUT2D eigenvalue weighted by Gasteiger charge is 2.23. The van der Waals surface area contributed by atoms with Gasteiger partial charge in [-0.05, 0) is 12.1 Å². The minimum Gasteiger partial charge on any atom is -0.491 e. The molecule has 0 atom stereocenters. The van der Waals surface area contributed by atoms with Crippen LogP contribution in [0.1, 0.15) is 5.56 Å². The van der Waals surface area contributed by atoms with Crippen LogP contribution in [0.2, 0.25) is 5.02 Å². The van der Waals surface area contributed by atoms with Crippen LogP contribution in [-0.2, 0) is 6.54 Å². The SMILES string of the molecule is Nc1cc(N)c(N2CCOc3ccccc3C2)c(F)c1Cl. The lowest BCUT2D eigenvalue weighted by molar-refractivity contribution is 0.331. The lowest BCUT2D eigenvalue weighted by Crippen LogP contribution is -2.27. The first-order chi connectivity index (χ1) is 10.1. The van der Waals surface area contributed by atoms with Gasteiger partial charge in [-0.3, -0.25) is 0 Å². The van der Waals surface area contributed by atoms with Gasteiger partial charge in [0.05, 0.1) is 23.6 Å². The number of para-hydroxylation sites is 1. The molecule has 0 radical (unpaired) electrons. The zero-order valence-corrected chi connectivity index (χ0v) is 12.0. The molecule has 0 aromatic heterocycles. The minimum atomic E-state index is -0.589. The van der Waals surface area contributed by atoms with Crippen LogP contribution in [0.15, 0.2) is 30.3 Å². The van der Waals surface area contributed by atoms with Crippen molar-refractivity contribution in [2.75, 3.05) is 29.5 Å². The maximum atomic E-state index is 14.4. The van der Waals surface area contributed by atoms with E-state index in [0.717, 1.165) is 11.3 Å². The summed E-state index contributed by atoms with van der Waals surface area (Å²) < 4.78 is 20.1. The fourth-order valence-electron chi connectivity index (χ4n) is 2.49. The summed E-state index contributed by atoms with van der Waals surface area (Å²) in [7, 11) is 0. The van der Waals surface area contributed by atoms with Gasteiger partial charge in [0.15, 0.2) is 5.82 Å². The van der Waals surface area contributed by atoms with E-state index < -0.39 is 5.82 Å². The monoisotopic (exact) mass is 307 g/mol. The zero-order valence-electron chi connectivity index (χ0n) is 11.3. The number of nitrogens with zero attached hydrogens (tertiary/aromatic N) is 1. The summed E-state index contributed by atoms with van der Waals surface area (Å²) in [4.78, 5) is 1.82. The van der Waals surface area contributed by atoms with E-state index in [2.05, 4.69) is 0 Å². The molecular formula is C15H15ClFN3O. The average Bonchev–Trinajstić information content (AvgIpc) is 2.67. The Morgan fingerprint density at radius 1 is 1.19 bits per heavy atom. The fourth-order valence-corrected chi connectivity index (χ4v) is 2.64. The second-order valence-corrected chi connectivity index (χ2v) is 5.29. The molecule has 1 heterocycles. The molecule has 6 heteroatoms. The molecule has 3 rings (SSSR count). The van der Waals surface area contributed by atoms with Gasteiger partial charge < -0.3 is 21.1 Å². The second kappa shape index (κ2) is 5.33. The van der Waals surface area contributed by atoms with Crippen molar-refractivity contribution >= 4 is 28.7 Å². The third-order valence-corrected chi connectivity index (χ3v) is 3.89. The molecule has 4 nitrogen and oxygen atoms in total. The molecule has 0 unspecified atom stereocenters. The Morgan fingerprint density at radius 2 is 1.95 bits per heavy atom. The van der Waals surface area contributed by atoms with Gasteiger partial charge in [0.25, 0.3) is 0 Å². The molecule has 1 aliphatic heterocycles. The van der Waals surface area contributed by atoms with E-state index in [4.69, 9.17) is 27.8 Å². The third kappa shape index (κ3) is 2.45. The van der Waals surface area contributed by atoms with E-state index in [9.17, 15) is 4.39 Å². The van der Waals surface area contributed by atoms with Crippen molar-refractivity contribution in [3.63, 3.8) is 0 Å². The first-order valence-electron chi connectivity index (χ1n) is 6.56. The van der Waals surface area contributed by atoms with Gasteiger partial charge in [-0.25, -0.2) is 4.39 Å². The van der Waals surface area contributed by atoms with Gasteiger partial charge in [0.1, 0.15) is 17.4 Å².